The second kappa shape index (κ2) is 5.91. The minimum Gasteiger partial charge on any atom is -0.498 e. The van der Waals surface area contributed by atoms with E-state index in [0.717, 1.165) is 62.8 Å². The van der Waals surface area contributed by atoms with Crippen LogP contribution in [0.1, 0.15) is 44.2 Å². The molecule has 1 aromatic heterocycles. The number of ether oxygens (including phenoxy) is 1. The lowest BCUT2D eigenvalue weighted by Gasteiger charge is -2.35. The molecular weight excluding hydrogens is 292 g/mol. The summed E-state index contributed by atoms with van der Waals surface area (Å²) in [5, 5.41) is 7.60. The molecule has 2 fully saturated rings. The van der Waals surface area contributed by atoms with E-state index >= 15 is 0 Å². The molecule has 1 N–H and O–H groups in total. The van der Waals surface area contributed by atoms with Gasteiger partial charge in [-0.15, -0.1) is 0 Å². The minimum absolute atomic E-state index is 0.155. The van der Waals surface area contributed by atoms with Crippen LogP contribution in [0, 0.1) is 0 Å². The van der Waals surface area contributed by atoms with Crippen molar-refractivity contribution in [3.63, 3.8) is 0 Å². The van der Waals surface area contributed by atoms with Gasteiger partial charge in [-0.2, -0.15) is 5.10 Å². The number of nitrogens with one attached hydrogen (secondary N) is 1. The molecule has 6 nitrogen and oxygen atoms in total. The van der Waals surface area contributed by atoms with Gasteiger partial charge in [-0.3, -0.25) is 9.89 Å². The lowest BCUT2D eigenvalue weighted by molar-refractivity contribution is -0.128. The van der Waals surface area contributed by atoms with Crippen LogP contribution in [-0.2, 0) is 9.53 Å². The molecule has 4 rings (SSSR count). The van der Waals surface area contributed by atoms with Gasteiger partial charge in [0.2, 0.25) is 0 Å². The third-order valence-corrected chi connectivity index (χ3v) is 5.07. The number of carbonyl (C=O) groups excluding carboxylic acids is 1. The van der Waals surface area contributed by atoms with Gasteiger partial charge in [-0.1, -0.05) is 0 Å². The van der Waals surface area contributed by atoms with E-state index in [-0.39, 0.29) is 5.91 Å². The van der Waals surface area contributed by atoms with Crippen molar-refractivity contribution in [3.05, 3.63) is 23.1 Å². The van der Waals surface area contributed by atoms with Crippen molar-refractivity contribution in [1.29, 1.82) is 0 Å². The average molecular weight is 316 g/mol. The van der Waals surface area contributed by atoms with Crippen LogP contribution in [0.15, 0.2) is 17.4 Å². The monoisotopic (exact) mass is 316 g/mol. The van der Waals surface area contributed by atoms with Crippen LogP contribution >= 0.6 is 0 Å². The number of allylic oxidation sites excluding steroid dienone is 1. The van der Waals surface area contributed by atoms with Crippen LogP contribution in [0.4, 0.5) is 5.82 Å². The van der Waals surface area contributed by atoms with E-state index in [1.165, 1.54) is 18.5 Å². The van der Waals surface area contributed by atoms with Crippen molar-refractivity contribution in [2.75, 3.05) is 37.7 Å². The van der Waals surface area contributed by atoms with Crippen LogP contribution in [0.5, 0.6) is 0 Å². The van der Waals surface area contributed by atoms with Crippen LogP contribution in [0.2, 0.25) is 0 Å². The molecule has 2 aliphatic heterocycles. The van der Waals surface area contributed by atoms with Crippen molar-refractivity contribution in [3.8, 4) is 0 Å². The summed E-state index contributed by atoms with van der Waals surface area (Å²) >= 11 is 0. The summed E-state index contributed by atoms with van der Waals surface area (Å²) in [4.78, 5) is 16.9. The maximum Gasteiger partial charge on any atom is 0.253 e. The maximum atomic E-state index is 12.7. The van der Waals surface area contributed by atoms with Gasteiger partial charge in [0.25, 0.3) is 5.91 Å². The Labute approximate surface area is 136 Å². The average Bonchev–Trinajstić information content (AvgIpc) is 3.32. The van der Waals surface area contributed by atoms with Gasteiger partial charge in [0.15, 0.2) is 5.82 Å². The number of anilines is 1. The molecule has 0 atom stereocenters. The van der Waals surface area contributed by atoms with Crippen LogP contribution < -0.4 is 4.90 Å². The van der Waals surface area contributed by atoms with Crippen LogP contribution in [0.25, 0.3) is 0 Å². The Bertz CT molecular complexity index is 624. The number of aromatic amines is 1. The summed E-state index contributed by atoms with van der Waals surface area (Å²) in [6.07, 6.45) is 4.34. The van der Waals surface area contributed by atoms with Gasteiger partial charge in [-0.05, 0) is 32.6 Å². The summed E-state index contributed by atoms with van der Waals surface area (Å²) in [5.41, 5.74) is 2.12. The normalized spacial score (nSPS) is 22.3. The Morgan fingerprint density at radius 1 is 1.30 bits per heavy atom. The molecule has 0 aromatic carbocycles. The third kappa shape index (κ3) is 2.94. The van der Waals surface area contributed by atoms with Crippen molar-refractivity contribution < 1.29 is 9.53 Å². The van der Waals surface area contributed by atoms with E-state index in [1.807, 2.05) is 11.8 Å². The van der Waals surface area contributed by atoms with Gasteiger partial charge in [-0.25, -0.2) is 0 Å². The Balaban J connectivity index is 1.37. The molecule has 1 aliphatic carbocycles. The van der Waals surface area contributed by atoms with E-state index in [4.69, 9.17) is 4.74 Å². The molecule has 124 valence electrons. The smallest absolute Gasteiger partial charge is 0.253 e. The summed E-state index contributed by atoms with van der Waals surface area (Å²) in [6, 6.07) is 2.18. The number of aromatic nitrogens is 2. The molecule has 1 saturated carbocycles. The highest BCUT2D eigenvalue weighted by atomic mass is 16.5. The predicted octanol–water partition coefficient (Wildman–Crippen LogP) is 2.02. The molecule has 23 heavy (non-hydrogen) atoms. The highest BCUT2D eigenvalue weighted by molar-refractivity contribution is 5.94. The second-order valence-corrected chi connectivity index (χ2v) is 6.72. The van der Waals surface area contributed by atoms with Crippen LogP contribution in [0.3, 0.4) is 0 Å². The first-order valence-corrected chi connectivity index (χ1v) is 8.64. The first-order chi connectivity index (χ1) is 11.2. The Morgan fingerprint density at radius 3 is 2.78 bits per heavy atom. The summed E-state index contributed by atoms with van der Waals surface area (Å²) < 4.78 is 5.53. The largest absolute Gasteiger partial charge is 0.498 e. The van der Waals surface area contributed by atoms with Gasteiger partial charge >= 0.3 is 0 Å². The number of H-pyrrole nitrogens is 1. The van der Waals surface area contributed by atoms with E-state index in [2.05, 4.69) is 21.2 Å². The highest BCUT2D eigenvalue weighted by Gasteiger charge is 2.29. The predicted molar refractivity (Wildman–Crippen MR) is 87.2 cm³/mol. The fraction of sp³-hybridized carbons (Fsp3) is 0.647. The van der Waals surface area contributed by atoms with E-state index in [9.17, 15) is 4.79 Å². The first kappa shape index (κ1) is 14.6. The molecule has 1 aromatic rings. The summed E-state index contributed by atoms with van der Waals surface area (Å²) in [7, 11) is 0. The molecule has 0 radical (unpaired) electrons. The Morgan fingerprint density at radius 2 is 2.09 bits per heavy atom. The van der Waals surface area contributed by atoms with Crippen molar-refractivity contribution in [1.82, 2.24) is 15.1 Å². The van der Waals surface area contributed by atoms with E-state index < -0.39 is 0 Å². The highest BCUT2D eigenvalue weighted by Crippen LogP contribution is 2.39. The maximum absolute atomic E-state index is 12.7. The number of hydrogen-bond acceptors (Lipinski definition) is 4. The number of carbonyl (C=O) groups is 1. The van der Waals surface area contributed by atoms with E-state index in [1.54, 1.807) is 0 Å². The quantitative estimate of drug-likeness (QED) is 0.927. The number of piperazine rings is 1. The van der Waals surface area contributed by atoms with Gasteiger partial charge in [0, 0.05) is 43.9 Å². The standard InChI is InChI=1S/C17H24N4O2/c1-12-14(3-2-10-23-12)17(22)21-8-6-20(7-9-21)16-11-15(18-19-16)13-4-5-13/h11,13H,2-10H2,1H3,(H,18,19). The second-order valence-electron chi connectivity index (χ2n) is 6.72. The topological polar surface area (TPSA) is 61.5 Å². The molecule has 3 heterocycles. The van der Waals surface area contributed by atoms with E-state index in [0.29, 0.717) is 5.92 Å². The SMILES string of the molecule is CC1=C(C(=O)N2CCN(c3cc(C4CC4)[nH]n3)CC2)CCCO1. The molecular formula is C17H24N4O2. The van der Waals surface area contributed by atoms with Crippen molar-refractivity contribution in [2.24, 2.45) is 0 Å². The first-order valence-electron chi connectivity index (χ1n) is 8.64. The van der Waals surface area contributed by atoms with Crippen molar-refractivity contribution in [2.45, 2.75) is 38.5 Å². The zero-order valence-electron chi connectivity index (χ0n) is 13.7. The molecule has 6 heteroatoms. The van der Waals surface area contributed by atoms with Gasteiger partial charge in [0.05, 0.1) is 12.2 Å². The Hall–Kier alpha value is -1.98. The lowest BCUT2D eigenvalue weighted by atomic mass is 10.1. The molecule has 0 spiro atoms. The summed E-state index contributed by atoms with van der Waals surface area (Å²) in [6.45, 7) is 5.83. The molecule has 1 saturated heterocycles. The molecule has 1 amide bonds. The molecule has 0 bridgehead atoms. The molecule has 3 aliphatic rings. The molecule has 0 unspecified atom stereocenters. The summed E-state index contributed by atoms with van der Waals surface area (Å²) in [5.74, 6) is 2.68. The van der Waals surface area contributed by atoms with Gasteiger partial charge < -0.3 is 14.5 Å². The van der Waals surface area contributed by atoms with Gasteiger partial charge in [0.1, 0.15) is 5.76 Å². The zero-order chi connectivity index (χ0) is 15.8. The zero-order valence-corrected chi connectivity index (χ0v) is 13.7. The van der Waals surface area contributed by atoms with Crippen LogP contribution in [-0.4, -0.2) is 53.8 Å². The minimum atomic E-state index is 0.155. The lowest BCUT2D eigenvalue weighted by Crippen LogP contribution is -2.49. The fourth-order valence-electron chi connectivity index (χ4n) is 3.42. The third-order valence-electron chi connectivity index (χ3n) is 5.07. The van der Waals surface area contributed by atoms with Crippen molar-refractivity contribution >= 4 is 11.7 Å². The number of hydrogen-bond donors (Lipinski definition) is 1. The number of nitrogens with zero attached hydrogens (tertiary/aromatic N) is 3. The number of rotatable bonds is 3. The number of amides is 1. The Kier molecular flexibility index (Phi) is 3.75. The fourth-order valence-corrected chi connectivity index (χ4v) is 3.42.